The number of hydrogen-bond acceptors (Lipinski definition) is 5. The highest BCUT2D eigenvalue weighted by atomic mass is 35.5. The average Bonchev–Trinajstić information content (AvgIpc) is 3.23. The Morgan fingerprint density at radius 3 is 2.28 bits per heavy atom. The van der Waals surface area contributed by atoms with Crippen LogP contribution in [0.2, 0.25) is 10.0 Å². The van der Waals surface area contributed by atoms with E-state index in [-0.39, 0.29) is 17.2 Å². The number of hydrogen-bond donors (Lipinski definition) is 0. The second-order valence-electron chi connectivity index (χ2n) is 10.9. The van der Waals surface area contributed by atoms with Crippen LogP contribution in [0.15, 0.2) is 42.5 Å². The van der Waals surface area contributed by atoms with E-state index in [9.17, 15) is 14.9 Å². The van der Waals surface area contributed by atoms with Crippen molar-refractivity contribution in [2.45, 2.75) is 25.3 Å². The molecule has 2 heterocycles. The number of benzene rings is 2. The number of likely N-dealkylation sites (tertiary alicyclic amines) is 1. The van der Waals surface area contributed by atoms with Crippen LogP contribution in [0.4, 0.5) is 10.5 Å². The number of amides is 3. The molecular formula is C27H31Cl2N5O2. The monoisotopic (exact) mass is 527 g/mol. The molecule has 2 saturated heterocycles. The van der Waals surface area contributed by atoms with Crippen LogP contribution < -0.4 is 4.90 Å². The molecule has 3 amide bonds. The largest absolute Gasteiger partial charge is 0.332 e. The van der Waals surface area contributed by atoms with Crippen LogP contribution in [0.25, 0.3) is 0 Å². The van der Waals surface area contributed by atoms with Crippen molar-refractivity contribution in [3.05, 3.63) is 63.6 Å². The second-order valence-corrected chi connectivity index (χ2v) is 11.8. The second kappa shape index (κ2) is 9.68. The van der Waals surface area contributed by atoms with Gasteiger partial charge in [-0.1, -0.05) is 49.2 Å². The zero-order chi connectivity index (χ0) is 26.4. The van der Waals surface area contributed by atoms with Gasteiger partial charge in [-0.25, -0.2) is 9.69 Å². The number of imide groups is 1. The highest BCUT2D eigenvalue weighted by Gasteiger charge is 2.64. The molecule has 2 aliphatic heterocycles. The Labute approximate surface area is 222 Å². The van der Waals surface area contributed by atoms with Gasteiger partial charge in [0.1, 0.15) is 5.54 Å². The van der Waals surface area contributed by atoms with E-state index in [2.05, 4.69) is 29.7 Å². The summed E-state index contributed by atoms with van der Waals surface area (Å²) < 4.78 is 0. The molecule has 36 heavy (non-hydrogen) atoms. The van der Waals surface area contributed by atoms with Crippen molar-refractivity contribution in [1.29, 1.82) is 5.26 Å². The van der Waals surface area contributed by atoms with Gasteiger partial charge in [-0.15, -0.1) is 0 Å². The van der Waals surface area contributed by atoms with Crippen molar-refractivity contribution in [2.75, 3.05) is 52.2 Å². The summed E-state index contributed by atoms with van der Waals surface area (Å²) in [5.41, 5.74) is 0.687. The third kappa shape index (κ3) is 4.71. The summed E-state index contributed by atoms with van der Waals surface area (Å²) in [5.74, 6) is -0.572. The van der Waals surface area contributed by atoms with Crippen LogP contribution in [-0.4, -0.2) is 79.5 Å². The first-order valence-electron chi connectivity index (χ1n) is 11.8. The molecule has 1 spiro atoms. The molecule has 7 nitrogen and oxygen atoms in total. The number of halogens is 2. The predicted molar refractivity (Wildman–Crippen MR) is 143 cm³/mol. The topological polar surface area (TPSA) is 70.9 Å². The number of carbonyl (C=O) groups is 2. The zero-order valence-electron chi connectivity index (χ0n) is 21.3. The number of nitrogens with zero attached hydrogens (tertiary/aromatic N) is 5. The Hall–Kier alpha value is -2.63. The molecule has 0 aliphatic carbocycles. The lowest BCUT2D eigenvalue weighted by Crippen LogP contribution is -2.54. The van der Waals surface area contributed by atoms with E-state index in [0.29, 0.717) is 34.4 Å². The van der Waals surface area contributed by atoms with E-state index in [1.54, 1.807) is 42.3 Å². The molecule has 0 radical (unpaired) electrons. The maximum Gasteiger partial charge on any atom is 0.332 e. The molecule has 0 aromatic heterocycles. The van der Waals surface area contributed by atoms with Gasteiger partial charge in [0.2, 0.25) is 0 Å². The van der Waals surface area contributed by atoms with Gasteiger partial charge in [-0.2, -0.15) is 5.26 Å². The minimum absolute atomic E-state index is 0.0331. The van der Waals surface area contributed by atoms with Gasteiger partial charge in [-0.05, 0) is 55.4 Å². The molecule has 9 heteroatoms. The van der Waals surface area contributed by atoms with Gasteiger partial charge in [-0.3, -0.25) is 9.69 Å². The number of anilines is 1. The van der Waals surface area contributed by atoms with Gasteiger partial charge in [0, 0.05) is 49.2 Å². The van der Waals surface area contributed by atoms with E-state index in [4.69, 9.17) is 23.2 Å². The fourth-order valence-electron chi connectivity index (χ4n) is 5.92. The predicted octanol–water partition coefficient (Wildman–Crippen LogP) is 4.69. The van der Waals surface area contributed by atoms with Gasteiger partial charge in [0.05, 0.1) is 17.3 Å². The molecule has 0 saturated carbocycles. The SMILES string of the molecule is CN(C)CC(C)(C)CN1C[C@@H](c2ccc(C#N)cc2)[C@]2(C1)C(=O)N(c1cc(Cl)cc(Cl)c1)C(=O)N2C. The highest BCUT2D eigenvalue weighted by Crippen LogP contribution is 2.47. The molecule has 2 aliphatic rings. The average molecular weight is 528 g/mol. The molecule has 190 valence electrons. The van der Waals surface area contributed by atoms with Crippen molar-refractivity contribution in [2.24, 2.45) is 5.41 Å². The van der Waals surface area contributed by atoms with Gasteiger partial charge in [0.15, 0.2) is 0 Å². The molecule has 4 rings (SSSR count). The van der Waals surface area contributed by atoms with E-state index in [1.807, 2.05) is 26.2 Å². The normalized spacial score (nSPS) is 22.8. The Morgan fingerprint density at radius 1 is 1.11 bits per heavy atom. The summed E-state index contributed by atoms with van der Waals surface area (Å²) in [6, 6.07) is 13.8. The molecule has 0 N–H and O–H groups in total. The van der Waals surface area contributed by atoms with Crippen molar-refractivity contribution < 1.29 is 9.59 Å². The number of rotatable bonds is 6. The standard InChI is InChI=1S/C27H31Cl2N5O2/c1-26(2,15-31(3)4)16-33-14-23(19-8-6-18(13-30)7-9-19)27(17-33)24(35)34(25(36)32(27)5)22-11-20(28)10-21(29)12-22/h6-12,23H,14-17H2,1-5H3/t23-,27+/m0/s1. The van der Waals surface area contributed by atoms with Gasteiger partial charge < -0.3 is 9.80 Å². The molecular weight excluding hydrogens is 497 g/mol. The van der Waals surface area contributed by atoms with Crippen molar-refractivity contribution >= 4 is 40.8 Å². The number of likely N-dealkylation sites (N-methyl/N-ethyl adjacent to an activating group) is 1. The summed E-state index contributed by atoms with van der Waals surface area (Å²) in [5, 5.41) is 9.97. The third-order valence-electron chi connectivity index (χ3n) is 7.08. The summed E-state index contributed by atoms with van der Waals surface area (Å²) in [6.45, 7) is 7.07. The summed E-state index contributed by atoms with van der Waals surface area (Å²) >= 11 is 12.4. The lowest BCUT2D eigenvalue weighted by atomic mass is 9.80. The Kier molecular flexibility index (Phi) is 7.11. The Morgan fingerprint density at radius 2 is 1.72 bits per heavy atom. The maximum absolute atomic E-state index is 14.3. The van der Waals surface area contributed by atoms with Crippen molar-refractivity contribution in [3.8, 4) is 6.07 Å². The molecule has 0 unspecified atom stereocenters. The van der Waals surface area contributed by atoms with E-state index >= 15 is 0 Å². The van der Waals surface area contributed by atoms with E-state index in [0.717, 1.165) is 18.7 Å². The molecule has 2 atom stereocenters. The third-order valence-corrected chi connectivity index (χ3v) is 7.51. The molecule has 2 aromatic carbocycles. The van der Waals surface area contributed by atoms with Crippen LogP contribution in [-0.2, 0) is 4.79 Å². The first-order chi connectivity index (χ1) is 16.9. The summed E-state index contributed by atoms with van der Waals surface area (Å²) in [6.07, 6.45) is 0. The van der Waals surface area contributed by atoms with Crippen LogP contribution >= 0.6 is 23.2 Å². The van der Waals surface area contributed by atoms with E-state index < -0.39 is 11.6 Å². The zero-order valence-corrected chi connectivity index (χ0v) is 22.8. The molecule has 2 fully saturated rings. The lowest BCUT2D eigenvalue weighted by Gasteiger charge is -2.35. The van der Waals surface area contributed by atoms with Gasteiger partial charge >= 0.3 is 6.03 Å². The Bertz CT molecular complexity index is 1200. The Balaban J connectivity index is 1.78. The first-order valence-corrected chi connectivity index (χ1v) is 12.6. The fourth-order valence-corrected chi connectivity index (χ4v) is 6.44. The van der Waals surface area contributed by atoms with Crippen molar-refractivity contribution in [3.63, 3.8) is 0 Å². The molecule has 0 bridgehead atoms. The summed E-state index contributed by atoms with van der Waals surface area (Å²) in [7, 11) is 5.79. The van der Waals surface area contributed by atoms with Crippen LogP contribution in [0.3, 0.4) is 0 Å². The highest BCUT2D eigenvalue weighted by molar-refractivity contribution is 6.35. The quantitative estimate of drug-likeness (QED) is 0.509. The number of carbonyl (C=O) groups excluding carboxylic acids is 2. The van der Waals surface area contributed by atoms with Crippen molar-refractivity contribution in [1.82, 2.24) is 14.7 Å². The first kappa shape index (κ1) is 26.4. The number of urea groups is 1. The summed E-state index contributed by atoms with van der Waals surface area (Å²) in [4.78, 5) is 35.1. The maximum atomic E-state index is 14.3. The van der Waals surface area contributed by atoms with Crippen LogP contribution in [0.1, 0.15) is 30.9 Å². The fraction of sp³-hybridized carbons (Fsp3) is 0.444. The molecule has 2 aromatic rings. The lowest BCUT2D eigenvalue weighted by molar-refractivity contribution is -0.124. The van der Waals surface area contributed by atoms with Crippen LogP contribution in [0.5, 0.6) is 0 Å². The van der Waals surface area contributed by atoms with Crippen LogP contribution in [0, 0.1) is 16.7 Å². The van der Waals surface area contributed by atoms with E-state index in [1.165, 1.54) is 4.90 Å². The van der Waals surface area contributed by atoms with Gasteiger partial charge in [0.25, 0.3) is 5.91 Å². The smallest absolute Gasteiger partial charge is 0.310 e. The number of nitriles is 1. The minimum Gasteiger partial charge on any atom is -0.310 e. The minimum atomic E-state index is -1.10.